The molecule has 0 fully saturated rings. The zero-order valence-corrected chi connectivity index (χ0v) is 10.5. The molecule has 0 heterocycles. The fraction of sp³-hybridized carbons (Fsp3) is 0.462. The van der Waals surface area contributed by atoms with Gasteiger partial charge in [0.25, 0.3) is 0 Å². The van der Waals surface area contributed by atoms with Gasteiger partial charge in [0, 0.05) is 0 Å². The lowest BCUT2D eigenvalue weighted by atomic mass is 10.0. The third-order valence-corrected chi connectivity index (χ3v) is 2.62. The smallest absolute Gasteiger partial charge is 0.305 e. The number of aliphatic hydroxyl groups excluding tert-OH is 1. The second-order valence-electron chi connectivity index (χ2n) is 3.98. The van der Waals surface area contributed by atoms with Crippen molar-refractivity contribution in [1.29, 1.82) is 0 Å². The summed E-state index contributed by atoms with van der Waals surface area (Å²) >= 11 is 0. The van der Waals surface area contributed by atoms with Crippen LogP contribution >= 0.6 is 0 Å². The Labute approximate surface area is 106 Å². The number of carboxylic acid groups (broad SMARTS) is 1. The number of ether oxygens (including phenoxy) is 2. The Hall–Kier alpha value is -1.75. The number of rotatable bonds is 7. The monoisotopic (exact) mass is 254 g/mol. The highest BCUT2D eigenvalue weighted by molar-refractivity contribution is 5.67. The van der Waals surface area contributed by atoms with Gasteiger partial charge in [-0.3, -0.25) is 4.79 Å². The Bertz CT molecular complexity index is 402. The number of benzene rings is 1. The first kappa shape index (κ1) is 14.3. The van der Waals surface area contributed by atoms with Gasteiger partial charge in [0.1, 0.15) is 0 Å². The molecule has 5 heteroatoms. The molecule has 0 aliphatic rings. The van der Waals surface area contributed by atoms with Gasteiger partial charge in [-0.05, 0) is 30.5 Å². The third kappa shape index (κ3) is 4.25. The molecule has 0 saturated heterocycles. The maximum absolute atomic E-state index is 10.4. The number of carbonyl (C=O) groups is 1. The summed E-state index contributed by atoms with van der Waals surface area (Å²) in [4.78, 5) is 10.4. The van der Waals surface area contributed by atoms with Gasteiger partial charge < -0.3 is 19.7 Å². The van der Waals surface area contributed by atoms with E-state index < -0.39 is 12.1 Å². The SMILES string of the molecule is COc1ccc(CC[C@@H](O)CC(=O)O)cc1OC. The lowest BCUT2D eigenvalue weighted by Crippen LogP contribution is -2.13. The molecule has 1 aromatic rings. The van der Waals surface area contributed by atoms with Crippen LogP contribution in [0.4, 0.5) is 0 Å². The van der Waals surface area contributed by atoms with E-state index >= 15 is 0 Å². The lowest BCUT2D eigenvalue weighted by Gasteiger charge is -2.11. The molecule has 0 aliphatic carbocycles. The van der Waals surface area contributed by atoms with Crippen molar-refractivity contribution >= 4 is 5.97 Å². The van der Waals surface area contributed by atoms with E-state index in [1.807, 2.05) is 12.1 Å². The van der Waals surface area contributed by atoms with Crippen LogP contribution in [0.2, 0.25) is 0 Å². The number of aliphatic hydroxyl groups is 1. The maximum atomic E-state index is 10.4. The zero-order valence-electron chi connectivity index (χ0n) is 10.5. The number of aliphatic carboxylic acids is 1. The number of hydrogen-bond donors (Lipinski definition) is 2. The van der Waals surface area contributed by atoms with Crippen LogP contribution in [0.25, 0.3) is 0 Å². The summed E-state index contributed by atoms with van der Waals surface area (Å²) in [5.41, 5.74) is 0.970. The Balaban J connectivity index is 2.60. The van der Waals surface area contributed by atoms with Gasteiger partial charge in [0.2, 0.25) is 0 Å². The van der Waals surface area contributed by atoms with Crippen LogP contribution in [-0.2, 0) is 11.2 Å². The van der Waals surface area contributed by atoms with E-state index in [1.165, 1.54) is 0 Å². The van der Waals surface area contributed by atoms with Gasteiger partial charge in [0.15, 0.2) is 11.5 Å². The van der Waals surface area contributed by atoms with Gasteiger partial charge in [0.05, 0.1) is 26.7 Å². The first-order chi connectivity index (χ1) is 8.56. The fourth-order valence-corrected chi connectivity index (χ4v) is 1.67. The van der Waals surface area contributed by atoms with Crippen LogP contribution in [-0.4, -0.2) is 36.5 Å². The van der Waals surface area contributed by atoms with Gasteiger partial charge in [-0.15, -0.1) is 0 Å². The van der Waals surface area contributed by atoms with E-state index in [1.54, 1.807) is 20.3 Å². The summed E-state index contributed by atoms with van der Waals surface area (Å²) in [7, 11) is 3.12. The minimum absolute atomic E-state index is 0.229. The Kier molecular flexibility index (Phi) is 5.45. The van der Waals surface area contributed by atoms with E-state index in [9.17, 15) is 9.90 Å². The fourth-order valence-electron chi connectivity index (χ4n) is 1.67. The van der Waals surface area contributed by atoms with Crippen molar-refractivity contribution in [2.24, 2.45) is 0 Å². The van der Waals surface area contributed by atoms with E-state index in [4.69, 9.17) is 14.6 Å². The van der Waals surface area contributed by atoms with E-state index in [0.717, 1.165) is 5.56 Å². The molecule has 0 spiro atoms. The van der Waals surface area contributed by atoms with Crippen LogP contribution in [0, 0.1) is 0 Å². The maximum Gasteiger partial charge on any atom is 0.305 e. The van der Waals surface area contributed by atoms with Crippen molar-refractivity contribution in [3.63, 3.8) is 0 Å². The zero-order chi connectivity index (χ0) is 13.5. The van der Waals surface area contributed by atoms with Crippen LogP contribution in [0.3, 0.4) is 0 Å². The second-order valence-corrected chi connectivity index (χ2v) is 3.98. The molecule has 0 amide bonds. The molecule has 0 bridgehead atoms. The average molecular weight is 254 g/mol. The first-order valence-corrected chi connectivity index (χ1v) is 5.67. The predicted octanol–water partition coefficient (Wildman–Crippen LogP) is 1.47. The first-order valence-electron chi connectivity index (χ1n) is 5.67. The predicted molar refractivity (Wildman–Crippen MR) is 66.1 cm³/mol. The van der Waals surface area contributed by atoms with E-state index in [0.29, 0.717) is 24.3 Å². The number of methoxy groups -OCH3 is 2. The van der Waals surface area contributed by atoms with Gasteiger partial charge in [-0.2, -0.15) is 0 Å². The largest absolute Gasteiger partial charge is 0.493 e. The van der Waals surface area contributed by atoms with Crippen LogP contribution < -0.4 is 9.47 Å². The molecule has 2 N–H and O–H groups in total. The minimum Gasteiger partial charge on any atom is -0.493 e. The summed E-state index contributed by atoms with van der Waals surface area (Å²) in [5, 5.41) is 18.0. The van der Waals surface area contributed by atoms with Crippen molar-refractivity contribution in [2.45, 2.75) is 25.4 Å². The Morgan fingerprint density at radius 3 is 2.50 bits per heavy atom. The summed E-state index contributed by atoms with van der Waals surface area (Å²) in [6.07, 6.45) is -0.0558. The third-order valence-electron chi connectivity index (χ3n) is 2.62. The highest BCUT2D eigenvalue weighted by Crippen LogP contribution is 2.28. The number of hydrogen-bond acceptors (Lipinski definition) is 4. The van der Waals surface area contributed by atoms with Crippen molar-refractivity contribution in [1.82, 2.24) is 0 Å². The molecule has 18 heavy (non-hydrogen) atoms. The van der Waals surface area contributed by atoms with Gasteiger partial charge in [-0.1, -0.05) is 6.07 Å². The molecule has 0 radical (unpaired) electrons. The van der Waals surface area contributed by atoms with Gasteiger partial charge >= 0.3 is 5.97 Å². The Morgan fingerprint density at radius 1 is 1.28 bits per heavy atom. The molecular weight excluding hydrogens is 236 g/mol. The highest BCUT2D eigenvalue weighted by Gasteiger charge is 2.10. The molecular formula is C13H18O5. The molecule has 0 aliphatic heterocycles. The molecule has 5 nitrogen and oxygen atoms in total. The van der Waals surface area contributed by atoms with Crippen molar-refractivity contribution < 1.29 is 24.5 Å². The number of carboxylic acids is 1. The summed E-state index contributed by atoms with van der Waals surface area (Å²) in [6.45, 7) is 0. The quantitative estimate of drug-likeness (QED) is 0.770. The lowest BCUT2D eigenvalue weighted by molar-refractivity contribution is -0.139. The topological polar surface area (TPSA) is 76.0 Å². The molecule has 0 unspecified atom stereocenters. The van der Waals surface area contributed by atoms with Crippen molar-refractivity contribution in [3.05, 3.63) is 23.8 Å². The second kappa shape index (κ2) is 6.86. The summed E-state index contributed by atoms with van der Waals surface area (Å²) < 4.78 is 10.3. The van der Waals surface area contributed by atoms with Crippen LogP contribution in [0.15, 0.2) is 18.2 Å². The van der Waals surface area contributed by atoms with E-state index in [-0.39, 0.29) is 6.42 Å². The van der Waals surface area contributed by atoms with E-state index in [2.05, 4.69) is 0 Å². The number of aryl methyl sites for hydroxylation is 1. The standard InChI is InChI=1S/C13H18O5/c1-17-11-6-4-9(7-12(11)18-2)3-5-10(14)8-13(15)16/h4,6-7,10,14H,3,5,8H2,1-2H3,(H,15,16)/t10-/m1/s1. The normalized spacial score (nSPS) is 11.9. The van der Waals surface area contributed by atoms with Crippen LogP contribution in [0.1, 0.15) is 18.4 Å². The summed E-state index contributed by atoms with van der Waals surface area (Å²) in [5.74, 6) is 0.282. The summed E-state index contributed by atoms with van der Waals surface area (Å²) in [6, 6.07) is 5.49. The molecule has 0 saturated carbocycles. The Morgan fingerprint density at radius 2 is 1.94 bits per heavy atom. The molecule has 1 atom stereocenters. The van der Waals surface area contributed by atoms with Crippen LogP contribution in [0.5, 0.6) is 11.5 Å². The molecule has 1 aromatic carbocycles. The molecule has 1 rings (SSSR count). The highest BCUT2D eigenvalue weighted by atomic mass is 16.5. The molecule has 0 aromatic heterocycles. The molecule has 100 valence electrons. The van der Waals surface area contributed by atoms with Gasteiger partial charge in [-0.25, -0.2) is 0 Å². The van der Waals surface area contributed by atoms with Crippen molar-refractivity contribution in [2.75, 3.05) is 14.2 Å². The van der Waals surface area contributed by atoms with Crippen molar-refractivity contribution in [3.8, 4) is 11.5 Å². The average Bonchev–Trinajstić information content (AvgIpc) is 2.35. The minimum atomic E-state index is -0.991.